The molecule has 0 spiro atoms. The molecule has 1 aromatic carbocycles. The fraction of sp³-hybridized carbons (Fsp3) is 0.364. The molecule has 21 heavy (non-hydrogen) atoms. The van der Waals surface area contributed by atoms with Crippen molar-refractivity contribution in [2.75, 3.05) is 6.54 Å². The number of rotatable bonds is 5. The van der Waals surface area contributed by atoms with Gasteiger partial charge in [0.05, 0.1) is 15.9 Å². The van der Waals surface area contributed by atoms with E-state index in [9.17, 15) is 25.0 Å². The summed E-state index contributed by atoms with van der Waals surface area (Å²) < 4.78 is 0. The molecule has 10 heteroatoms. The summed E-state index contributed by atoms with van der Waals surface area (Å²) >= 11 is -0.543. The average molecular weight is 404 g/mol. The Labute approximate surface area is 128 Å². The van der Waals surface area contributed by atoms with Gasteiger partial charge in [-0.1, -0.05) is 11.8 Å². The number of carbonyl (C=O) groups is 1. The number of carboxylic acids is 1. The van der Waals surface area contributed by atoms with Gasteiger partial charge in [-0.3, -0.25) is 25.0 Å². The van der Waals surface area contributed by atoms with Gasteiger partial charge in [0.25, 0.3) is 17.3 Å². The molecule has 114 valence electrons. The number of benzene rings is 1. The Morgan fingerprint density at radius 2 is 1.76 bits per heavy atom. The predicted octanol–water partition coefficient (Wildman–Crippen LogP) is 2.96. The molecule has 0 amide bonds. The zero-order valence-corrected chi connectivity index (χ0v) is 14.6. The van der Waals surface area contributed by atoms with Crippen LogP contribution in [0.3, 0.4) is 0 Å². The summed E-state index contributed by atoms with van der Waals surface area (Å²) in [5.41, 5.74) is -1.26. The Hall–Kier alpha value is -1.91. The van der Waals surface area contributed by atoms with E-state index >= 15 is 0 Å². The van der Waals surface area contributed by atoms with Crippen molar-refractivity contribution in [3.8, 4) is 0 Å². The standard InChI is InChI=1S/C8H6N3O6.3CH3.Sn/c12-8(13)4-9-6-2-1-5(10(14)15)3-7(6)11(16)17;;;;/h1-3H,4H2,(H,12,13);3*1H3;/q-1;;;;+1. The molecule has 0 aliphatic carbocycles. The third-order valence-electron chi connectivity index (χ3n) is 1.75. The Bertz CT molecular complexity index is 532. The zero-order valence-electron chi connectivity index (χ0n) is 11.8. The van der Waals surface area contributed by atoms with Crippen molar-refractivity contribution in [3.63, 3.8) is 0 Å². The first kappa shape index (κ1) is 19.1. The van der Waals surface area contributed by atoms with E-state index in [1.807, 2.05) is 0 Å². The summed E-state index contributed by atoms with van der Waals surface area (Å²) in [4.78, 5) is 36.7. The number of carboxylic acid groups (broad SMARTS) is 1. The van der Waals surface area contributed by atoms with Gasteiger partial charge in [-0.25, -0.2) is 0 Å². The van der Waals surface area contributed by atoms with E-state index in [1.54, 1.807) is 0 Å². The van der Waals surface area contributed by atoms with E-state index in [2.05, 4.69) is 20.1 Å². The maximum atomic E-state index is 10.6. The van der Waals surface area contributed by atoms with Crippen LogP contribution in [0.1, 0.15) is 0 Å². The second kappa shape index (κ2) is 9.10. The summed E-state index contributed by atoms with van der Waals surface area (Å²) in [5.74, 6) is -1.25. The molecule has 9 nitrogen and oxygen atoms in total. The first-order chi connectivity index (χ1) is 9.65. The van der Waals surface area contributed by atoms with E-state index in [0.717, 1.165) is 18.2 Å². The summed E-state index contributed by atoms with van der Waals surface area (Å²) in [7, 11) is 0. The number of nitrogens with zero attached hydrogens (tertiary/aromatic N) is 3. The fourth-order valence-corrected chi connectivity index (χ4v) is 1.06. The first-order valence-electron chi connectivity index (χ1n) is 5.74. The summed E-state index contributed by atoms with van der Waals surface area (Å²) in [6, 6.07) is 2.80. The van der Waals surface area contributed by atoms with E-state index < -0.39 is 53.5 Å². The first-order valence-corrected chi connectivity index (χ1v) is 14.3. The van der Waals surface area contributed by atoms with Gasteiger partial charge in [-0.2, -0.15) is 0 Å². The minimum absolute atomic E-state index is 0.206. The van der Waals surface area contributed by atoms with Crippen molar-refractivity contribution in [1.82, 2.24) is 0 Å². The number of aliphatic carboxylic acids is 1. The zero-order chi connectivity index (χ0) is 16.6. The quantitative estimate of drug-likeness (QED) is 0.455. The van der Waals surface area contributed by atoms with Gasteiger partial charge in [0, 0.05) is 6.07 Å². The van der Waals surface area contributed by atoms with Crippen LogP contribution in [-0.4, -0.2) is 47.2 Å². The molecule has 0 aliphatic rings. The molecule has 0 aromatic heterocycles. The van der Waals surface area contributed by atoms with E-state index in [1.165, 1.54) is 0 Å². The number of hydrogen-bond acceptors (Lipinski definition) is 5. The van der Waals surface area contributed by atoms with Crippen molar-refractivity contribution in [3.05, 3.63) is 43.7 Å². The van der Waals surface area contributed by atoms with E-state index in [0.29, 0.717) is 0 Å². The van der Waals surface area contributed by atoms with Crippen molar-refractivity contribution in [2.45, 2.75) is 14.8 Å². The van der Waals surface area contributed by atoms with Gasteiger partial charge < -0.3 is 10.4 Å². The van der Waals surface area contributed by atoms with Crippen molar-refractivity contribution in [2.24, 2.45) is 0 Å². The Morgan fingerprint density at radius 3 is 2.14 bits per heavy atom. The van der Waals surface area contributed by atoms with Gasteiger partial charge >= 0.3 is 34.6 Å². The predicted molar refractivity (Wildman–Crippen MR) is 78.6 cm³/mol. The van der Waals surface area contributed by atoms with Gasteiger partial charge in [0.1, 0.15) is 0 Å². The normalized spacial score (nSPS) is 9.10. The molecule has 0 bridgehead atoms. The van der Waals surface area contributed by atoms with Crippen LogP contribution in [0.4, 0.5) is 17.1 Å². The molecule has 0 fully saturated rings. The number of hydrogen-bond donors (Lipinski definition) is 1. The van der Waals surface area contributed by atoms with Crippen LogP contribution in [0.2, 0.25) is 14.8 Å². The molecule has 0 radical (unpaired) electrons. The molecule has 0 unspecified atom stereocenters. The molecule has 0 heterocycles. The molecule has 0 atom stereocenters. The second-order valence-corrected chi connectivity index (χ2v) is 13.0. The molecule has 1 aromatic rings. The molecule has 0 saturated heterocycles. The van der Waals surface area contributed by atoms with Crippen LogP contribution < -0.4 is 0 Å². The third kappa shape index (κ3) is 8.07. The second-order valence-electron chi connectivity index (χ2n) is 4.40. The number of nitro groups is 2. The van der Waals surface area contributed by atoms with Crippen molar-refractivity contribution >= 4 is 42.8 Å². The molecular weight excluding hydrogens is 389 g/mol. The Morgan fingerprint density at radius 1 is 1.24 bits per heavy atom. The summed E-state index contributed by atoms with van der Waals surface area (Å²) in [6.07, 6.45) is 0. The summed E-state index contributed by atoms with van der Waals surface area (Å²) in [5, 5.41) is 32.9. The van der Waals surface area contributed by atoms with E-state index in [4.69, 9.17) is 5.11 Å². The maximum absolute atomic E-state index is 10.6. The van der Waals surface area contributed by atoms with Crippen LogP contribution in [0.5, 0.6) is 0 Å². The van der Waals surface area contributed by atoms with Gasteiger partial charge in [0.15, 0.2) is 0 Å². The molecule has 0 aliphatic heterocycles. The van der Waals surface area contributed by atoms with Crippen molar-refractivity contribution in [1.29, 1.82) is 0 Å². The van der Waals surface area contributed by atoms with Gasteiger partial charge in [-0.05, 0) is 6.54 Å². The van der Waals surface area contributed by atoms with Crippen LogP contribution in [0, 0.1) is 20.2 Å². The number of non-ortho nitro benzene ring substituents is 1. The average Bonchev–Trinajstić information content (AvgIpc) is 2.35. The monoisotopic (exact) mass is 405 g/mol. The summed E-state index contributed by atoms with van der Waals surface area (Å²) in [6.45, 7) is -0.640. The van der Waals surface area contributed by atoms with Crippen molar-refractivity contribution < 1.29 is 19.7 Å². The molecule has 1 N–H and O–H groups in total. The molecule has 1 rings (SSSR count). The van der Waals surface area contributed by atoms with Crippen LogP contribution >= 0.6 is 0 Å². The van der Waals surface area contributed by atoms with Gasteiger partial charge in [0.2, 0.25) is 0 Å². The minimum atomic E-state index is -1.25. The molecular formula is C11H15N3O6Sn. The molecule has 0 saturated carbocycles. The fourth-order valence-electron chi connectivity index (χ4n) is 1.06. The Balaban J connectivity index is 0.000000885. The Kier molecular flexibility index (Phi) is 8.27. The topological polar surface area (TPSA) is 138 Å². The van der Waals surface area contributed by atoms with Crippen LogP contribution in [0.25, 0.3) is 5.32 Å². The van der Waals surface area contributed by atoms with Crippen LogP contribution in [0.15, 0.2) is 18.2 Å². The number of nitro benzene ring substituents is 2. The van der Waals surface area contributed by atoms with Crippen LogP contribution in [-0.2, 0) is 4.79 Å². The third-order valence-corrected chi connectivity index (χ3v) is 1.75. The van der Waals surface area contributed by atoms with E-state index in [-0.39, 0.29) is 5.69 Å². The SMILES string of the molecule is O=C(O)C[N-]c1ccc([N+](=O)[O-])cc1[N+](=O)[O-].[CH3][Sn+]([CH3])[CH3]. The van der Waals surface area contributed by atoms with Gasteiger partial charge in [-0.15, -0.1) is 0 Å².